The number of amides is 1. The maximum absolute atomic E-state index is 12.0. The Balaban J connectivity index is 2.65. The highest BCUT2D eigenvalue weighted by atomic mass is 16.6. The van der Waals surface area contributed by atoms with Gasteiger partial charge in [0.2, 0.25) is 0 Å². The molecule has 1 saturated heterocycles. The fourth-order valence-electron chi connectivity index (χ4n) is 2.41. The van der Waals surface area contributed by atoms with Gasteiger partial charge in [-0.15, -0.1) is 0 Å². The molecular weight excluding hydrogens is 274 g/mol. The van der Waals surface area contributed by atoms with Crippen molar-refractivity contribution in [3.05, 3.63) is 0 Å². The molecule has 0 aliphatic carbocycles. The SMILES string of the molecule is CNCCN(C)C1(CC(=O)O)CN(C(=O)OC(C)(C)C)C1. The summed E-state index contributed by atoms with van der Waals surface area (Å²) < 4.78 is 5.31. The summed E-state index contributed by atoms with van der Waals surface area (Å²) in [5.41, 5.74) is -1.04. The number of nitrogens with one attached hydrogen (secondary N) is 1. The van der Waals surface area contributed by atoms with E-state index >= 15 is 0 Å². The highest BCUT2D eigenvalue weighted by Gasteiger charge is 2.50. The summed E-state index contributed by atoms with van der Waals surface area (Å²) in [7, 11) is 3.75. The molecule has 122 valence electrons. The summed E-state index contributed by atoms with van der Waals surface area (Å²) in [4.78, 5) is 26.7. The fraction of sp³-hybridized carbons (Fsp3) is 0.857. The summed E-state index contributed by atoms with van der Waals surface area (Å²) >= 11 is 0. The number of carbonyl (C=O) groups excluding carboxylic acids is 1. The van der Waals surface area contributed by atoms with E-state index in [4.69, 9.17) is 9.84 Å². The van der Waals surface area contributed by atoms with Gasteiger partial charge >= 0.3 is 12.1 Å². The van der Waals surface area contributed by atoms with Crippen molar-refractivity contribution in [1.82, 2.24) is 15.1 Å². The molecule has 21 heavy (non-hydrogen) atoms. The van der Waals surface area contributed by atoms with Crippen LogP contribution in [0.15, 0.2) is 0 Å². The van der Waals surface area contributed by atoms with Gasteiger partial charge in [-0.3, -0.25) is 9.69 Å². The van der Waals surface area contributed by atoms with Crippen LogP contribution in [0.2, 0.25) is 0 Å². The van der Waals surface area contributed by atoms with Gasteiger partial charge in [0, 0.05) is 26.2 Å². The Morgan fingerprint density at radius 2 is 1.95 bits per heavy atom. The molecule has 1 rings (SSSR count). The third-order valence-corrected chi connectivity index (χ3v) is 3.61. The lowest BCUT2D eigenvalue weighted by molar-refractivity contribution is -0.145. The molecule has 1 aliphatic heterocycles. The summed E-state index contributed by atoms with van der Waals surface area (Å²) in [6.45, 7) is 7.70. The zero-order chi connectivity index (χ0) is 16.3. The van der Waals surface area contributed by atoms with E-state index in [1.54, 1.807) is 4.90 Å². The lowest BCUT2D eigenvalue weighted by atomic mass is 9.85. The molecule has 0 aromatic heterocycles. The number of carbonyl (C=O) groups is 2. The molecule has 0 aromatic carbocycles. The molecule has 0 aromatic rings. The van der Waals surface area contributed by atoms with Gasteiger partial charge in [-0.05, 0) is 34.9 Å². The van der Waals surface area contributed by atoms with Gasteiger partial charge < -0.3 is 20.1 Å². The Hall–Kier alpha value is -1.34. The molecule has 2 N–H and O–H groups in total. The number of likely N-dealkylation sites (N-methyl/N-ethyl adjacent to an activating group) is 2. The smallest absolute Gasteiger partial charge is 0.410 e. The van der Waals surface area contributed by atoms with Gasteiger partial charge in [-0.25, -0.2) is 4.79 Å². The molecular formula is C14H27N3O4. The number of hydrogen-bond donors (Lipinski definition) is 2. The minimum atomic E-state index is -0.852. The number of carboxylic acids is 1. The monoisotopic (exact) mass is 301 g/mol. The normalized spacial score (nSPS) is 17.5. The first-order valence-electron chi connectivity index (χ1n) is 7.15. The maximum Gasteiger partial charge on any atom is 0.410 e. The maximum atomic E-state index is 12.0. The van der Waals surface area contributed by atoms with Crippen molar-refractivity contribution < 1.29 is 19.4 Å². The zero-order valence-corrected chi connectivity index (χ0v) is 13.6. The second kappa shape index (κ2) is 6.62. The Labute approximate surface area is 126 Å². The molecule has 7 heteroatoms. The van der Waals surface area contributed by atoms with Crippen LogP contribution in [0.5, 0.6) is 0 Å². The summed E-state index contributed by atoms with van der Waals surface area (Å²) in [6, 6.07) is 0. The van der Waals surface area contributed by atoms with Crippen LogP contribution >= 0.6 is 0 Å². The van der Waals surface area contributed by atoms with Crippen LogP contribution < -0.4 is 5.32 Å². The van der Waals surface area contributed by atoms with E-state index < -0.39 is 17.1 Å². The number of rotatable bonds is 6. The zero-order valence-electron chi connectivity index (χ0n) is 13.6. The van der Waals surface area contributed by atoms with Crippen molar-refractivity contribution in [2.24, 2.45) is 0 Å². The number of likely N-dealkylation sites (tertiary alicyclic amines) is 1. The van der Waals surface area contributed by atoms with Crippen LogP contribution in [-0.4, -0.2) is 78.4 Å². The average Bonchev–Trinajstić information content (AvgIpc) is 2.27. The molecule has 1 fully saturated rings. The van der Waals surface area contributed by atoms with Gasteiger partial charge in [0.05, 0.1) is 12.0 Å². The minimum absolute atomic E-state index is 0.0203. The summed E-state index contributed by atoms with van der Waals surface area (Å²) in [5, 5.41) is 12.2. The van der Waals surface area contributed by atoms with Crippen molar-refractivity contribution in [1.29, 1.82) is 0 Å². The van der Waals surface area contributed by atoms with Crippen LogP contribution in [0.4, 0.5) is 4.79 Å². The Bertz CT molecular complexity index is 386. The van der Waals surface area contributed by atoms with E-state index in [0.717, 1.165) is 13.1 Å². The molecule has 0 spiro atoms. The molecule has 0 radical (unpaired) electrons. The van der Waals surface area contributed by atoms with Crippen LogP contribution in [0.1, 0.15) is 27.2 Å². The van der Waals surface area contributed by atoms with Crippen molar-refractivity contribution in [3.8, 4) is 0 Å². The number of ether oxygens (including phenoxy) is 1. The van der Waals surface area contributed by atoms with Gasteiger partial charge in [0.1, 0.15) is 5.60 Å². The standard InChI is InChI=1S/C14H27N3O4/c1-13(2,3)21-12(20)17-9-14(10-17,8-11(18)19)16(5)7-6-15-4/h15H,6-10H2,1-5H3,(H,18,19). The topological polar surface area (TPSA) is 82.1 Å². The first kappa shape index (κ1) is 17.7. The van der Waals surface area contributed by atoms with E-state index in [9.17, 15) is 9.59 Å². The molecule has 0 bridgehead atoms. The second-order valence-corrected chi connectivity index (χ2v) is 6.66. The molecule has 1 aliphatic rings. The first-order chi connectivity index (χ1) is 9.59. The average molecular weight is 301 g/mol. The minimum Gasteiger partial charge on any atom is -0.481 e. The Morgan fingerprint density at radius 1 is 1.38 bits per heavy atom. The van der Waals surface area contributed by atoms with E-state index in [1.165, 1.54) is 0 Å². The molecule has 0 saturated carbocycles. The van der Waals surface area contributed by atoms with E-state index in [-0.39, 0.29) is 12.5 Å². The van der Waals surface area contributed by atoms with E-state index in [0.29, 0.717) is 13.1 Å². The van der Waals surface area contributed by atoms with Gasteiger partial charge in [0.25, 0.3) is 0 Å². The molecule has 0 unspecified atom stereocenters. The quantitative estimate of drug-likeness (QED) is 0.748. The molecule has 0 atom stereocenters. The van der Waals surface area contributed by atoms with Gasteiger partial charge in [0.15, 0.2) is 0 Å². The van der Waals surface area contributed by atoms with Gasteiger partial charge in [-0.2, -0.15) is 0 Å². The predicted molar refractivity (Wildman–Crippen MR) is 79.3 cm³/mol. The first-order valence-corrected chi connectivity index (χ1v) is 7.15. The summed E-state index contributed by atoms with van der Waals surface area (Å²) in [5.74, 6) is -0.852. The van der Waals surface area contributed by atoms with Crippen LogP contribution in [0.25, 0.3) is 0 Å². The van der Waals surface area contributed by atoms with Crippen molar-refractivity contribution in [2.75, 3.05) is 40.3 Å². The summed E-state index contributed by atoms with van der Waals surface area (Å²) in [6.07, 6.45) is -0.363. The van der Waals surface area contributed by atoms with E-state index in [2.05, 4.69) is 5.32 Å². The van der Waals surface area contributed by atoms with Crippen LogP contribution in [-0.2, 0) is 9.53 Å². The van der Waals surface area contributed by atoms with Crippen LogP contribution in [0, 0.1) is 0 Å². The van der Waals surface area contributed by atoms with Crippen molar-refractivity contribution >= 4 is 12.1 Å². The lowest BCUT2D eigenvalue weighted by Crippen LogP contribution is -2.71. The second-order valence-electron chi connectivity index (χ2n) is 6.66. The molecule has 7 nitrogen and oxygen atoms in total. The molecule has 1 heterocycles. The van der Waals surface area contributed by atoms with Crippen molar-refractivity contribution in [3.63, 3.8) is 0 Å². The van der Waals surface area contributed by atoms with Gasteiger partial charge in [-0.1, -0.05) is 0 Å². The Morgan fingerprint density at radius 3 is 2.38 bits per heavy atom. The highest BCUT2D eigenvalue weighted by Crippen LogP contribution is 2.31. The van der Waals surface area contributed by atoms with Crippen molar-refractivity contribution in [2.45, 2.75) is 38.3 Å². The third kappa shape index (κ3) is 4.86. The highest BCUT2D eigenvalue weighted by molar-refractivity contribution is 5.73. The van der Waals surface area contributed by atoms with E-state index in [1.807, 2.05) is 39.8 Å². The number of carboxylic acid groups (broad SMARTS) is 1. The fourth-order valence-corrected chi connectivity index (χ4v) is 2.41. The van der Waals surface area contributed by atoms with Crippen LogP contribution in [0.3, 0.4) is 0 Å². The predicted octanol–water partition coefficient (Wildman–Crippen LogP) is 0.602. The third-order valence-electron chi connectivity index (χ3n) is 3.61. The Kier molecular flexibility index (Phi) is 5.58. The lowest BCUT2D eigenvalue weighted by Gasteiger charge is -2.54. The molecule has 1 amide bonds. The number of aliphatic carboxylic acids is 1. The number of nitrogens with zero attached hydrogens (tertiary/aromatic N) is 2. The number of hydrogen-bond acceptors (Lipinski definition) is 5. The largest absolute Gasteiger partial charge is 0.481 e.